The molecule has 27 heavy (non-hydrogen) atoms. The summed E-state index contributed by atoms with van der Waals surface area (Å²) in [6.07, 6.45) is 0. The topological polar surface area (TPSA) is 75.3 Å². The summed E-state index contributed by atoms with van der Waals surface area (Å²) in [5, 5.41) is 2.90. The minimum Gasteiger partial charge on any atom is -0.349 e. The maximum absolute atomic E-state index is 12.9. The molecule has 0 saturated heterocycles. The van der Waals surface area contributed by atoms with E-state index in [1.807, 2.05) is 46.8 Å². The lowest BCUT2D eigenvalue weighted by atomic mass is 10.1. The number of sulfonamides is 1. The van der Waals surface area contributed by atoms with Crippen LogP contribution in [0.2, 0.25) is 0 Å². The zero-order chi connectivity index (χ0) is 20.4. The van der Waals surface area contributed by atoms with Gasteiger partial charge >= 0.3 is 0 Å². The van der Waals surface area contributed by atoms with Gasteiger partial charge in [-0.2, -0.15) is 0 Å². The van der Waals surface area contributed by atoms with Crippen LogP contribution in [0.25, 0.3) is 0 Å². The number of nitrogens with one attached hydrogen (secondary N) is 2. The molecule has 2 N–H and O–H groups in total. The maximum atomic E-state index is 12.9. The number of anilines is 1. The van der Waals surface area contributed by atoms with Crippen molar-refractivity contribution >= 4 is 21.6 Å². The van der Waals surface area contributed by atoms with Gasteiger partial charge in [-0.15, -0.1) is 0 Å². The molecule has 0 bridgehead atoms. The van der Waals surface area contributed by atoms with Crippen LogP contribution < -0.4 is 10.0 Å². The summed E-state index contributed by atoms with van der Waals surface area (Å²) in [5.41, 5.74) is 3.35. The van der Waals surface area contributed by atoms with Crippen molar-refractivity contribution in [2.24, 2.45) is 5.92 Å². The summed E-state index contributed by atoms with van der Waals surface area (Å²) in [6, 6.07) is 10.3. The summed E-state index contributed by atoms with van der Waals surface area (Å²) in [4.78, 5) is 12.6. The molecule has 0 aliphatic rings. The van der Waals surface area contributed by atoms with Crippen LogP contribution in [-0.4, -0.2) is 20.4 Å². The number of hydrogen-bond donors (Lipinski definition) is 2. The van der Waals surface area contributed by atoms with Gasteiger partial charge in [-0.1, -0.05) is 37.6 Å². The lowest BCUT2D eigenvalue weighted by Crippen LogP contribution is -2.36. The van der Waals surface area contributed by atoms with Crippen molar-refractivity contribution in [1.82, 2.24) is 5.32 Å². The third kappa shape index (κ3) is 5.10. The Bertz CT molecular complexity index is 950. The molecule has 0 radical (unpaired) electrons. The van der Waals surface area contributed by atoms with E-state index in [1.54, 1.807) is 25.1 Å². The standard InChI is InChI=1S/C21H28N2O3S/c1-13(2)17(6)22-21(24)18-9-8-15(4)20(12-18)27(25,26)23-19-10-7-14(3)11-16(19)5/h7-13,17,23H,1-6H3,(H,22,24)/t17-/m0/s1. The summed E-state index contributed by atoms with van der Waals surface area (Å²) in [6.45, 7) is 11.5. The monoisotopic (exact) mass is 388 g/mol. The first-order valence-corrected chi connectivity index (χ1v) is 10.5. The summed E-state index contributed by atoms with van der Waals surface area (Å²) < 4.78 is 28.5. The number of aryl methyl sites for hydroxylation is 3. The maximum Gasteiger partial charge on any atom is 0.262 e. The Balaban J connectivity index is 2.35. The van der Waals surface area contributed by atoms with Crippen molar-refractivity contribution < 1.29 is 13.2 Å². The van der Waals surface area contributed by atoms with Gasteiger partial charge < -0.3 is 5.32 Å². The molecule has 6 heteroatoms. The van der Waals surface area contributed by atoms with E-state index in [-0.39, 0.29) is 22.8 Å². The van der Waals surface area contributed by atoms with Crippen LogP contribution >= 0.6 is 0 Å². The van der Waals surface area contributed by atoms with E-state index in [4.69, 9.17) is 0 Å². The van der Waals surface area contributed by atoms with E-state index >= 15 is 0 Å². The minimum atomic E-state index is -3.81. The van der Waals surface area contributed by atoms with Crippen molar-refractivity contribution in [1.29, 1.82) is 0 Å². The molecule has 0 heterocycles. The van der Waals surface area contributed by atoms with Crippen LogP contribution in [0.3, 0.4) is 0 Å². The highest BCUT2D eigenvalue weighted by Gasteiger charge is 2.21. The van der Waals surface area contributed by atoms with Gasteiger partial charge in [0.2, 0.25) is 0 Å². The molecule has 1 atom stereocenters. The number of benzene rings is 2. The fraction of sp³-hybridized carbons (Fsp3) is 0.381. The first-order valence-electron chi connectivity index (χ1n) is 9.03. The van der Waals surface area contributed by atoms with Gasteiger partial charge in [-0.25, -0.2) is 8.42 Å². The molecule has 0 unspecified atom stereocenters. The molecule has 0 aliphatic carbocycles. The van der Waals surface area contributed by atoms with Gasteiger partial charge in [0, 0.05) is 11.6 Å². The minimum absolute atomic E-state index is 0.00723. The van der Waals surface area contributed by atoms with Gasteiger partial charge in [0.15, 0.2) is 0 Å². The largest absolute Gasteiger partial charge is 0.349 e. The van der Waals surface area contributed by atoms with E-state index in [0.717, 1.165) is 11.1 Å². The van der Waals surface area contributed by atoms with Crippen molar-refractivity contribution in [2.75, 3.05) is 4.72 Å². The average Bonchev–Trinajstić information content (AvgIpc) is 2.57. The molecular weight excluding hydrogens is 360 g/mol. The molecule has 0 spiro atoms. The Labute approximate surface area is 162 Å². The van der Waals surface area contributed by atoms with E-state index in [9.17, 15) is 13.2 Å². The molecular formula is C21H28N2O3S. The predicted octanol–water partition coefficient (Wildman–Crippen LogP) is 4.19. The fourth-order valence-corrected chi connectivity index (χ4v) is 4.02. The lowest BCUT2D eigenvalue weighted by Gasteiger charge is -2.18. The zero-order valence-electron chi connectivity index (χ0n) is 16.8. The quantitative estimate of drug-likeness (QED) is 0.779. The molecule has 0 saturated carbocycles. The third-order valence-corrected chi connectivity index (χ3v) is 6.23. The fourth-order valence-electron chi connectivity index (χ4n) is 2.62. The molecule has 0 fully saturated rings. The van der Waals surface area contributed by atoms with E-state index in [1.165, 1.54) is 6.07 Å². The van der Waals surface area contributed by atoms with Gasteiger partial charge in [-0.05, 0) is 62.9 Å². The van der Waals surface area contributed by atoms with Gasteiger partial charge in [0.05, 0.1) is 10.6 Å². The number of hydrogen-bond acceptors (Lipinski definition) is 3. The van der Waals surface area contributed by atoms with Crippen LogP contribution in [0.15, 0.2) is 41.3 Å². The highest BCUT2D eigenvalue weighted by atomic mass is 32.2. The Hall–Kier alpha value is -2.34. The SMILES string of the molecule is Cc1ccc(NS(=O)(=O)c2cc(C(=O)N[C@@H](C)C(C)C)ccc2C)c(C)c1. The highest BCUT2D eigenvalue weighted by molar-refractivity contribution is 7.92. The van der Waals surface area contributed by atoms with Crippen LogP contribution in [0.5, 0.6) is 0 Å². The molecule has 2 rings (SSSR count). The first kappa shape index (κ1) is 21.0. The van der Waals surface area contributed by atoms with Crippen molar-refractivity contribution in [3.05, 3.63) is 58.7 Å². The van der Waals surface area contributed by atoms with Crippen LogP contribution in [-0.2, 0) is 10.0 Å². The molecule has 2 aromatic rings. The van der Waals surface area contributed by atoms with Crippen molar-refractivity contribution in [2.45, 2.75) is 52.5 Å². The van der Waals surface area contributed by atoms with Crippen LogP contribution in [0.1, 0.15) is 47.8 Å². The Morgan fingerprint density at radius 2 is 1.59 bits per heavy atom. The molecule has 2 aromatic carbocycles. The molecule has 146 valence electrons. The van der Waals surface area contributed by atoms with Crippen molar-refractivity contribution in [3.63, 3.8) is 0 Å². The second-order valence-electron chi connectivity index (χ2n) is 7.41. The molecule has 0 aliphatic heterocycles. The third-order valence-electron chi connectivity index (χ3n) is 4.72. The van der Waals surface area contributed by atoms with Crippen molar-refractivity contribution in [3.8, 4) is 0 Å². The Morgan fingerprint density at radius 3 is 2.19 bits per heavy atom. The summed E-state index contributed by atoms with van der Waals surface area (Å²) >= 11 is 0. The number of rotatable bonds is 6. The zero-order valence-corrected chi connectivity index (χ0v) is 17.6. The first-order chi connectivity index (χ1) is 12.5. The number of carbonyl (C=O) groups excluding carboxylic acids is 1. The second-order valence-corrected chi connectivity index (χ2v) is 9.06. The number of carbonyl (C=O) groups is 1. The van der Waals surface area contributed by atoms with E-state index < -0.39 is 10.0 Å². The number of amides is 1. The Kier molecular flexibility index (Phi) is 6.31. The molecule has 0 aromatic heterocycles. The Morgan fingerprint density at radius 1 is 0.926 bits per heavy atom. The second kappa shape index (κ2) is 8.13. The van der Waals surface area contributed by atoms with Gasteiger partial charge in [0.1, 0.15) is 0 Å². The van der Waals surface area contributed by atoms with Crippen LogP contribution in [0, 0.1) is 26.7 Å². The van der Waals surface area contributed by atoms with E-state index in [0.29, 0.717) is 16.8 Å². The summed E-state index contributed by atoms with van der Waals surface area (Å²) in [5.74, 6) is 0.00736. The van der Waals surface area contributed by atoms with Gasteiger partial charge in [0.25, 0.3) is 15.9 Å². The summed E-state index contributed by atoms with van der Waals surface area (Å²) in [7, 11) is -3.81. The smallest absolute Gasteiger partial charge is 0.262 e. The van der Waals surface area contributed by atoms with E-state index in [2.05, 4.69) is 10.0 Å². The average molecular weight is 389 g/mol. The normalized spacial score (nSPS) is 12.7. The lowest BCUT2D eigenvalue weighted by molar-refractivity contribution is 0.0930. The van der Waals surface area contributed by atoms with Crippen LogP contribution in [0.4, 0.5) is 5.69 Å². The predicted molar refractivity (Wildman–Crippen MR) is 110 cm³/mol. The molecule has 5 nitrogen and oxygen atoms in total. The highest BCUT2D eigenvalue weighted by Crippen LogP contribution is 2.23. The molecule has 1 amide bonds. The van der Waals surface area contributed by atoms with Gasteiger partial charge in [-0.3, -0.25) is 9.52 Å².